The molecule has 9 heteroatoms. The summed E-state index contributed by atoms with van der Waals surface area (Å²) in [4.78, 5) is 22.9. The zero-order chi connectivity index (χ0) is 25.1. The number of rotatable bonds is 11. The number of benzene rings is 1. The molecule has 0 amide bonds. The lowest BCUT2D eigenvalue weighted by atomic mass is 9.86. The van der Waals surface area contributed by atoms with E-state index in [0.29, 0.717) is 55.3 Å². The highest BCUT2D eigenvalue weighted by molar-refractivity contribution is 7.99. The van der Waals surface area contributed by atoms with E-state index in [1.807, 2.05) is 0 Å². The van der Waals surface area contributed by atoms with Gasteiger partial charge in [0.25, 0.3) is 0 Å². The first-order valence-electron chi connectivity index (χ1n) is 12.6. The summed E-state index contributed by atoms with van der Waals surface area (Å²) in [6.07, 6.45) is 3.08. The normalized spacial score (nSPS) is 16.0. The monoisotopic (exact) mass is 499 g/mol. The van der Waals surface area contributed by atoms with Crippen molar-refractivity contribution in [3.05, 3.63) is 23.4 Å². The predicted molar refractivity (Wildman–Crippen MR) is 140 cm³/mol. The third-order valence-electron chi connectivity index (χ3n) is 6.91. The largest absolute Gasteiger partial charge is 0.454 e. The summed E-state index contributed by atoms with van der Waals surface area (Å²) in [5.41, 5.74) is 8.07. The number of anilines is 1. The summed E-state index contributed by atoms with van der Waals surface area (Å²) >= 11 is 1.59. The number of imidazole rings is 1. The van der Waals surface area contributed by atoms with Crippen molar-refractivity contribution in [3.63, 3.8) is 0 Å². The second kappa shape index (κ2) is 10.9. The van der Waals surface area contributed by atoms with Crippen molar-refractivity contribution in [1.82, 2.24) is 9.55 Å². The van der Waals surface area contributed by atoms with Crippen LogP contribution in [0.4, 0.5) is 5.82 Å². The van der Waals surface area contributed by atoms with Gasteiger partial charge in [-0.05, 0) is 41.9 Å². The molecule has 190 valence electrons. The number of ketones is 1. The summed E-state index contributed by atoms with van der Waals surface area (Å²) < 4.78 is 13.5. The molecule has 2 unspecified atom stereocenters. The summed E-state index contributed by atoms with van der Waals surface area (Å²) in [7, 11) is 0. The molecule has 1 aromatic heterocycles. The molecule has 2 aliphatic heterocycles. The molecule has 0 radical (unpaired) electrons. The number of ether oxygens (including phenoxy) is 2. The number of fused-ring (bicyclic) bond motifs is 2. The maximum Gasteiger partial charge on any atom is 0.231 e. The number of amidine groups is 1. The molecule has 2 aromatic rings. The van der Waals surface area contributed by atoms with E-state index in [-0.39, 0.29) is 12.6 Å². The number of carbonyl (C=O) groups is 1. The Balaban J connectivity index is 1.70. The van der Waals surface area contributed by atoms with Crippen LogP contribution in [0.15, 0.2) is 27.2 Å². The number of nitrogens with two attached hydrogens (primary N) is 1. The standard InChI is InChI=1S/C26H37N5O3S/c1-6-16(5)10-17(32)8-9-31-25-23(24(27)28-13-29-25)30-26(31)35-22-12-21-20(33-14-34-21)11-19(22)18(7-2)15(3)4/h11-12,15-16,18,29H,6-10,13-14H2,1-5H3,(H2,27,28). The minimum absolute atomic E-state index is 0.236. The van der Waals surface area contributed by atoms with Gasteiger partial charge in [-0.1, -0.05) is 52.8 Å². The smallest absolute Gasteiger partial charge is 0.231 e. The number of carbonyl (C=O) groups excluding carboxylic acids is 1. The fraction of sp³-hybridized carbons (Fsp3) is 0.577. The van der Waals surface area contributed by atoms with Gasteiger partial charge in [0, 0.05) is 24.3 Å². The third kappa shape index (κ3) is 5.44. The van der Waals surface area contributed by atoms with Gasteiger partial charge in [0.1, 0.15) is 29.8 Å². The van der Waals surface area contributed by atoms with Crippen molar-refractivity contribution in [2.45, 2.75) is 82.8 Å². The van der Waals surface area contributed by atoms with Crippen molar-refractivity contribution in [2.24, 2.45) is 22.6 Å². The van der Waals surface area contributed by atoms with Crippen LogP contribution in [0, 0.1) is 11.8 Å². The summed E-state index contributed by atoms with van der Waals surface area (Å²) in [6, 6.07) is 4.18. The molecule has 0 saturated carbocycles. The lowest BCUT2D eigenvalue weighted by Gasteiger charge is -2.23. The first-order valence-corrected chi connectivity index (χ1v) is 13.4. The van der Waals surface area contributed by atoms with Gasteiger partial charge in [0.05, 0.1) is 0 Å². The minimum Gasteiger partial charge on any atom is -0.454 e. The molecule has 8 nitrogen and oxygen atoms in total. The summed E-state index contributed by atoms with van der Waals surface area (Å²) in [6.45, 7) is 12.1. The molecule has 0 bridgehead atoms. The van der Waals surface area contributed by atoms with Crippen molar-refractivity contribution in [2.75, 3.05) is 18.8 Å². The average Bonchev–Trinajstić information content (AvgIpc) is 3.42. The maximum absolute atomic E-state index is 12.7. The molecule has 0 saturated heterocycles. The van der Waals surface area contributed by atoms with Crippen molar-refractivity contribution in [1.29, 1.82) is 0 Å². The van der Waals surface area contributed by atoms with Crippen LogP contribution in [-0.4, -0.2) is 34.6 Å². The number of aliphatic imine (C=N–C) groups is 1. The zero-order valence-corrected chi connectivity index (χ0v) is 22.2. The van der Waals surface area contributed by atoms with Crippen molar-refractivity contribution >= 4 is 29.2 Å². The van der Waals surface area contributed by atoms with Crippen LogP contribution in [-0.2, 0) is 11.3 Å². The first-order chi connectivity index (χ1) is 16.8. The molecule has 1 aromatic carbocycles. The fourth-order valence-electron chi connectivity index (χ4n) is 4.69. The van der Waals surface area contributed by atoms with Crippen LogP contribution in [0.2, 0.25) is 0 Å². The van der Waals surface area contributed by atoms with Gasteiger partial charge in [-0.3, -0.25) is 4.79 Å². The zero-order valence-electron chi connectivity index (χ0n) is 21.4. The number of nitrogens with zero attached hydrogens (tertiary/aromatic N) is 3. The lowest BCUT2D eigenvalue weighted by Crippen LogP contribution is -2.24. The van der Waals surface area contributed by atoms with E-state index in [1.165, 1.54) is 5.56 Å². The lowest BCUT2D eigenvalue weighted by molar-refractivity contribution is -0.120. The van der Waals surface area contributed by atoms with Gasteiger partial charge in [-0.25, -0.2) is 9.98 Å². The van der Waals surface area contributed by atoms with Gasteiger partial charge in [0.2, 0.25) is 6.79 Å². The van der Waals surface area contributed by atoms with E-state index in [0.717, 1.165) is 40.2 Å². The summed E-state index contributed by atoms with van der Waals surface area (Å²) in [5, 5.41) is 4.11. The SMILES string of the molecule is CCC(C)CC(=O)CCn1c(Sc2cc3c(cc2C(CC)C(C)C)OCO3)nc2c1NCN=C2N. The molecule has 0 spiro atoms. The Morgan fingerprint density at radius 1 is 1.20 bits per heavy atom. The number of Topliss-reactive ketones (excluding diaryl/α,β-unsaturated/α-hetero) is 1. The molecule has 35 heavy (non-hydrogen) atoms. The molecule has 0 fully saturated rings. The molecule has 4 rings (SSSR count). The Bertz CT molecular complexity index is 1110. The Kier molecular flexibility index (Phi) is 7.94. The van der Waals surface area contributed by atoms with Gasteiger partial charge >= 0.3 is 0 Å². The van der Waals surface area contributed by atoms with Crippen LogP contribution < -0.4 is 20.5 Å². The summed E-state index contributed by atoms with van der Waals surface area (Å²) in [5.74, 6) is 4.29. The number of hydrogen-bond acceptors (Lipinski definition) is 8. The van der Waals surface area contributed by atoms with E-state index in [9.17, 15) is 4.79 Å². The average molecular weight is 500 g/mol. The first kappa shape index (κ1) is 25.4. The number of hydrogen-bond donors (Lipinski definition) is 2. The molecule has 2 aliphatic rings. The number of aromatic nitrogens is 2. The van der Waals surface area contributed by atoms with Crippen molar-refractivity contribution in [3.8, 4) is 11.5 Å². The Hall–Kier alpha value is -2.68. The predicted octanol–water partition coefficient (Wildman–Crippen LogP) is 5.40. The minimum atomic E-state index is 0.236. The van der Waals surface area contributed by atoms with Gasteiger partial charge < -0.3 is 25.1 Å². The quantitative estimate of drug-likeness (QED) is 0.427. The topological polar surface area (TPSA) is 104 Å². The van der Waals surface area contributed by atoms with Crippen LogP contribution in [0.3, 0.4) is 0 Å². The van der Waals surface area contributed by atoms with Crippen LogP contribution in [0.25, 0.3) is 0 Å². The Morgan fingerprint density at radius 3 is 2.63 bits per heavy atom. The van der Waals surface area contributed by atoms with Crippen LogP contribution >= 0.6 is 11.8 Å². The van der Waals surface area contributed by atoms with Gasteiger partial charge in [0.15, 0.2) is 16.7 Å². The van der Waals surface area contributed by atoms with E-state index in [2.05, 4.69) is 61.6 Å². The Morgan fingerprint density at radius 2 is 1.94 bits per heavy atom. The molecular weight excluding hydrogens is 462 g/mol. The molecule has 2 atom stereocenters. The number of nitrogens with one attached hydrogen (secondary N) is 1. The van der Waals surface area contributed by atoms with Gasteiger partial charge in [-0.15, -0.1) is 0 Å². The molecular formula is C26H37N5O3S. The van der Waals surface area contributed by atoms with Crippen molar-refractivity contribution < 1.29 is 14.3 Å². The second-order valence-corrected chi connectivity index (χ2v) is 10.7. The van der Waals surface area contributed by atoms with E-state index >= 15 is 0 Å². The Labute approximate surface area is 212 Å². The van der Waals surface area contributed by atoms with E-state index in [1.54, 1.807) is 11.8 Å². The third-order valence-corrected chi connectivity index (χ3v) is 7.98. The molecule has 0 aliphatic carbocycles. The highest BCUT2D eigenvalue weighted by Crippen LogP contribution is 2.46. The fourth-order valence-corrected chi connectivity index (χ4v) is 5.81. The van der Waals surface area contributed by atoms with Crippen LogP contribution in [0.1, 0.15) is 77.5 Å². The maximum atomic E-state index is 12.7. The van der Waals surface area contributed by atoms with Gasteiger partial charge in [-0.2, -0.15) is 0 Å². The van der Waals surface area contributed by atoms with E-state index in [4.69, 9.17) is 20.2 Å². The second-order valence-electron chi connectivity index (χ2n) is 9.73. The molecule has 3 N–H and O–H groups in total. The van der Waals surface area contributed by atoms with Crippen LogP contribution in [0.5, 0.6) is 11.5 Å². The van der Waals surface area contributed by atoms with E-state index < -0.39 is 0 Å². The highest BCUT2D eigenvalue weighted by Gasteiger charge is 2.27. The highest BCUT2D eigenvalue weighted by atomic mass is 32.2. The molecule has 3 heterocycles.